The fraction of sp³-hybridized carbons (Fsp3) is 0.474. The van der Waals surface area contributed by atoms with Gasteiger partial charge in [0.2, 0.25) is 0 Å². The van der Waals surface area contributed by atoms with Gasteiger partial charge in [-0.25, -0.2) is 4.79 Å². The summed E-state index contributed by atoms with van der Waals surface area (Å²) in [5, 5.41) is 0. The standard InChI is InChI=1S/C19H26N4O3.ClH/c1-15-14-18(24)23(19(25)20-15)9-5-8-21-10-12-22(13-11-21)16-6-3-4-7-17(16)26-2;/h3-4,6-7,14H,5,8-13H2,1-2H3,(H,20,25);1H. The van der Waals surface area contributed by atoms with E-state index in [2.05, 4.69) is 20.9 Å². The average Bonchev–Trinajstić information content (AvgIpc) is 2.64. The van der Waals surface area contributed by atoms with Crippen molar-refractivity contribution in [1.82, 2.24) is 14.5 Å². The molecule has 3 rings (SSSR count). The molecule has 0 spiro atoms. The van der Waals surface area contributed by atoms with Gasteiger partial charge in [-0.15, -0.1) is 12.4 Å². The van der Waals surface area contributed by atoms with Gasteiger partial charge >= 0.3 is 5.69 Å². The Morgan fingerprint density at radius 2 is 1.78 bits per heavy atom. The predicted molar refractivity (Wildman–Crippen MR) is 110 cm³/mol. The monoisotopic (exact) mass is 394 g/mol. The number of hydrogen-bond acceptors (Lipinski definition) is 5. The van der Waals surface area contributed by atoms with Crippen molar-refractivity contribution in [3.8, 4) is 5.75 Å². The van der Waals surface area contributed by atoms with Gasteiger partial charge < -0.3 is 14.6 Å². The minimum Gasteiger partial charge on any atom is -0.495 e. The Hall–Kier alpha value is -2.25. The maximum Gasteiger partial charge on any atom is 0.328 e. The molecule has 1 aromatic carbocycles. The Morgan fingerprint density at radius 1 is 1.07 bits per heavy atom. The lowest BCUT2D eigenvalue weighted by atomic mass is 10.2. The molecule has 1 aliphatic rings. The highest BCUT2D eigenvalue weighted by molar-refractivity contribution is 5.85. The molecule has 1 aromatic heterocycles. The third-order valence-corrected chi connectivity index (χ3v) is 4.81. The fourth-order valence-corrected chi connectivity index (χ4v) is 3.40. The van der Waals surface area contributed by atoms with Crippen LogP contribution in [0.3, 0.4) is 0 Å². The molecule has 7 nitrogen and oxygen atoms in total. The molecule has 1 fully saturated rings. The van der Waals surface area contributed by atoms with E-state index in [0.717, 1.165) is 50.6 Å². The topological polar surface area (TPSA) is 70.6 Å². The molecule has 2 heterocycles. The molecule has 0 atom stereocenters. The molecule has 2 aromatic rings. The SMILES string of the molecule is COc1ccccc1N1CCN(CCCn2c(=O)cc(C)[nH]c2=O)CC1.Cl. The number of ether oxygens (including phenoxy) is 1. The van der Waals surface area contributed by atoms with Crippen LogP contribution in [0.15, 0.2) is 39.9 Å². The molecule has 1 aliphatic heterocycles. The molecule has 0 radical (unpaired) electrons. The van der Waals surface area contributed by atoms with Crippen LogP contribution in [-0.2, 0) is 6.54 Å². The van der Waals surface area contributed by atoms with Crippen LogP contribution in [0.4, 0.5) is 5.69 Å². The second-order valence-electron chi connectivity index (χ2n) is 6.60. The highest BCUT2D eigenvalue weighted by atomic mass is 35.5. The van der Waals surface area contributed by atoms with Gasteiger partial charge in [0.25, 0.3) is 5.56 Å². The average molecular weight is 395 g/mol. The van der Waals surface area contributed by atoms with Gasteiger partial charge in [0.15, 0.2) is 0 Å². The zero-order valence-corrected chi connectivity index (χ0v) is 16.6. The minimum atomic E-state index is -0.323. The van der Waals surface area contributed by atoms with Crippen LogP contribution < -0.4 is 20.9 Å². The summed E-state index contributed by atoms with van der Waals surface area (Å²) >= 11 is 0. The van der Waals surface area contributed by atoms with E-state index in [0.29, 0.717) is 12.2 Å². The maximum atomic E-state index is 11.9. The summed E-state index contributed by atoms with van der Waals surface area (Å²) in [6, 6.07) is 9.55. The normalized spacial score (nSPS) is 14.7. The van der Waals surface area contributed by atoms with Crippen molar-refractivity contribution in [2.24, 2.45) is 0 Å². The number of nitrogens with one attached hydrogen (secondary N) is 1. The number of aryl methyl sites for hydroxylation is 1. The lowest BCUT2D eigenvalue weighted by Gasteiger charge is -2.36. The number of benzene rings is 1. The Kier molecular flexibility index (Phi) is 7.50. The lowest BCUT2D eigenvalue weighted by Crippen LogP contribution is -2.47. The lowest BCUT2D eigenvalue weighted by molar-refractivity contribution is 0.249. The summed E-state index contributed by atoms with van der Waals surface area (Å²) in [7, 11) is 1.70. The number of rotatable bonds is 6. The number of halogens is 1. The predicted octanol–water partition coefficient (Wildman–Crippen LogP) is 1.49. The van der Waals surface area contributed by atoms with Gasteiger partial charge in [-0.05, 0) is 32.0 Å². The van der Waals surface area contributed by atoms with Gasteiger partial charge in [0.1, 0.15) is 5.75 Å². The van der Waals surface area contributed by atoms with Crippen LogP contribution in [0, 0.1) is 6.92 Å². The van der Waals surface area contributed by atoms with Crippen molar-refractivity contribution < 1.29 is 4.74 Å². The number of para-hydroxylation sites is 2. The van der Waals surface area contributed by atoms with Gasteiger partial charge in [-0.3, -0.25) is 14.3 Å². The molecule has 1 saturated heterocycles. The molecule has 0 amide bonds. The summed E-state index contributed by atoms with van der Waals surface area (Å²) in [6.07, 6.45) is 0.778. The molecule has 148 valence electrons. The van der Waals surface area contributed by atoms with E-state index in [1.807, 2.05) is 18.2 Å². The van der Waals surface area contributed by atoms with E-state index in [1.54, 1.807) is 14.0 Å². The highest BCUT2D eigenvalue weighted by Crippen LogP contribution is 2.28. The Morgan fingerprint density at radius 3 is 2.44 bits per heavy atom. The van der Waals surface area contributed by atoms with E-state index in [1.165, 1.54) is 10.6 Å². The van der Waals surface area contributed by atoms with Crippen LogP contribution in [0.5, 0.6) is 5.75 Å². The fourth-order valence-electron chi connectivity index (χ4n) is 3.40. The Balaban J connectivity index is 0.00000261. The van der Waals surface area contributed by atoms with Crippen LogP contribution in [0.25, 0.3) is 0 Å². The molecule has 0 saturated carbocycles. The highest BCUT2D eigenvalue weighted by Gasteiger charge is 2.19. The zero-order valence-electron chi connectivity index (χ0n) is 15.8. The smallest absolute Gasteiger partial charge is 0.328 e. The van der Waals surface area contributed by atoms with Gasteiger partial charge in [0, 0.05) is 44.5 Å². The van der Waals surface area contributed by atoms with Crippen LogP contribution in [0.1, 0.15) is 12.1 Å². The Bertz CT molecular complexity index is 825. The van der Waals surface area contributed by atoms with Crippen molar-refractivity contribution in [3.63, 3.8) is 0 Å². The first-order valence-electron chi connectivity index (χ1n) is 8.99. The molecule has 1 N–H and O–H groups in total. The zero-order chi connectivity index (χ0) is 18.5. The summed E-state index contributed by atoms with van der Waals surface area (Å²) < 4.78 is 6.73. The maximum absolute atomic E-state index is 11.9. The van der Waals surface area contributed by atoms with Crippen molar-refractivity contribution in [2.45, 2.75) is 19.9 Å². The summed E-state index contributed by atoms with van der Waals surface area (Å²) in [5.41, 5.74) is 1.18. The number of aromatic amines is 1. The van der Waals surface area contributed by atoms with Crippen LogP contribution >= 0.6 is 12.4 Å². The van der Waals surface area contributed by atoms with E-state index >= 15 is 0 Å². The molecular formula is C19H27ClN4O3. The first kappa shape index (κ1) is 21.1. The first-order chi connectivity index (χ1) is 12.6. The number of aromatic nitrogens is 2. The number of methoxy groups -OCH3 is 1. The van der Waals surface area contributed by atoms with E-state index in [9.17, 15) is 9.59 Å². The minimum absolute atomic E-state index is 0. The third kappa shape index (κ3) is 5.14. The van der Waals surface area contributed by atoms with Crippen molar-refractivity contribution in [3.05, 3.63) is 56.9 Å². The van der Waals surface area contributed by atoms with Crippen LogP contribution in [0.2, 0.25) is 0 Å². The Labute approximate surface area is 165 Å². The molecular weight excluding hydrogens is 368 g/mol. The van der Waals surface area contributed by atoms with Crippen molar-refractivity contribution >= 4 is 18.1 Å². The number of H-pyrrole nitrogens is 1. The molecule has 0 unspecified atom stereocenters. The van der Waals surface area contributed by atoms with Crippen LogP contribution in [-0.4, -0.2) is 54.3 Å². The molecule has 8 heteroatoms. The van der Waals surface area contributed by atoms with Gasteiger partial charge in [-0.1, -0.05) is 12.1 Å². The van der Waals surface area contributed by atoms with Gasteiger partial charge in [-0.2, -0.15) is 0 Å². The first-order valence-corrected chi connectivity index (χ1v) is 8.99. The van der Waals surface area contributed by atoms with Crippen molar-refractivity contribution in [1.29, 1.82) is 0 Å². The second-order valence-corrected chi connectivity index (χ2v) is 6.60. The molecule has 27 heavy (non-hydrogen) atoms. The second kappa shape index (κ2) is 9.62. The largest absolute Gasteiger partial charge is 0.495 e. The number of anilines is 1. The van der Waals surface area contributed by atoms with Crippen molar-refractivity contribution in [2.75, 3.05) is 44.7 Å². The number of hydrogen-bond donors (Lipinski definition) is 1. The van der Waals surface area contributed by atoms with E-state index in [4.69, 9.17) is 4.74 Å². The summed E-state index contributed by atoms with van der Waals surface area (Å²) in [5.74, 6) is 0.902. The summed E-state index contributed by atoms with van der Waals surface area (Å²) in [4.78, 5) is 31.2. The quantitative estimate of drug-likeness (QED) is 0.803. The molecule has 0 aliphatic carbocycles. The van der Waals surface area contributed by atoms with E-state index in [-0.39, 0.29) is 23.7 Å². The third-order valence-electron chi connectivity index (χ3n) is 4.81. The number of piperazine rings is 1. The molecule has 0 bridgehead atoms. The number of nitrogens with zero attached hydrogens (tertiary/aromatic N) is 3. The van der Waals surface area contributed by atoms with E-state index < -0.39 is 0 Å². The van der Waals surface area contributed by atoms with Gasteiger partial charge in [0.05, 0.1) is 12.8 Å². The summed E-state index contributed by atoms with van der Waals surface area (Å²) in [6.45, 7) is 6.82.